The van der Waals surface area contributed by atoms with E-state index in [4.69, 9.17) is 5.11 Å². The monoisotopic (exact) mass is 172 g/mol. The van der Waals surface area contributed by atoms with E-state index in [0.717, 1.165) is 32.6 Å². The number of aliphatic hydroxyl groups excluding tert-OH is 1. The van der Waals surface area contributed by atoms with E-state index >= 15 is 0 Å². The number of likely N-dealkylation sites (N-methyl/N-ethyl adjacent to an activating group) is 1. The van der Waals surface area contributed by atoms with Gasteiger partial charge in [-0.05, 0) is 19.9 Å². The Labute approximate surface area is 74.8 Å². The van der Waals surface area contributed by atoms with Crippen LogP contribution in [0.5, 0.6) is 0 Å². The maximum atomic E-state index is 9.13. The summed E-state index contributed by atoms with van der Waals surface area (Å²) in [6.45, 7) is 8.40. The van der Waals surface area contributed by atoms with Gasteiger partial charge in [-0.1, -0.05) is 6.92 Å². The molecule has 72 valence electrons. The summed E-state index contributed by atoms with van der Waals surface area (Å²) in [6, 6.07) is 0.716. The average Bonchev–Trinajstić information content (AvgIpc) is 1.93. The lowest BCUT2D eigenvalue weighted by Crippen LogP contribution is -2.57. The second-order valence-corrected chi connectivity index (χ2v) is 3.58. The van der Waals surface area contributed by atoms with Crippen molar-refractivity contribution in [1.82, 2.24) is 10.2 Å². The Balaban J connectivity index is 2.15. The zero-order valence-electron chi connectivity index (χ0n) is 8.08. The molecule has 0 saturated carbocycles. The van der Waals surface area contributed by atoms with Crippen LogP contribution in [0.1, 0.15) is 20.3 Å². The zero-order valence-corrected chi connectivity index (χ0v) is 8.08. The van der Waals surface area contributed by atoms with Crippen molar-refractivity contribution in [3.63, 3.8) is 0 Å². The number of hydrogen-bond acceptors (Lipinski definition) is 3. The zero-order chi connectivity index (χ0) is 8.97. The normalized spacial score (nSPS) is 21.0. The third-order valence-electron chi connectivity index (χ3n) is 2.52. The summed E-state index contributed by atoms with van der Waals surface area (Å²) >= 11 is 0. The van der Waals surface area contributed by atoms with E-state index in [1.165, 1.54) is 0 Å². The molecule has 0 amide bonds. The molecule has 1 atom stereocenters. The topological polar surface area (TPSA) is 35.5 Å². The molecule has 2 N–H and O–H groups in total. The van der Waals surface area contributed by atoms with Crippen LogP contribution in [-0.4, -0.2) is 48.3 Å². The Morgan fingerprint density at radius 1 is 1.58 bits per heavy atom. The second-order valence-electron chi connectivity index (χ2n) is 3.58. The van der Waals surface area contributed by atoms with E-state index < -0.39 is 0 Å². The van der Waals surface area contributed by atoms with Gasteiger partial charge in [0.15, 0.2) is 0 Å². The van der Waals surface area contributed by atoms with Crippen LogP contribution in [-0.2, 0) is 0 Å². The molecular formula is C9H20N2O. The molecule has 0 radical (unpaired) electrons. The molecule has 12 heavy (non-hydrogen) atoms. The van der Waals surface area contributed by atoms with Gasteiger partial charge in [-0.2, -0.15) is 0 Å². The van der Waals surface area contributed by atoms with Gasteiger partial charge in [0, 0.05) is 25.7 Å². The van der Waals surface area contributed by atoms with Crippen LogP contribution in [0.3, 0.4) is 0 Å². The number of rotatable bonds is 5. The molecular weight excluding hydrogens is 152 g/mol. The molecule has 1 rings (SSSR count). The van der Waals surface area contributed by atoms with Crippen LogP contribution in [0.4, 0.5) is 0 Å². The molecule has 0 spiro atoms. The maximum absolute atomic E-state index is 9.13. The van der Waals surface area contributed by atoms with Gasteiger partial charge in [-0.25, -0.2) is 0 Å². The molecule has 0 aromatic carbocycles. The molecule has 0 aromatic heterocycles. The van der Waals surface area contributed by atoms with Crippen molar-refractivity contribution >= 4 is 0 Å². The first kappa shape index (κ1) is 9.96. The fourth-order valence-electron chi connectivity index (χ4n) is 1.48. The van der Waals surface area contributed by atoms with Crippen molar-refractivity contribution in [3.05, 3.63) is 0 Å². The van der Waals surface area contributed by atoms with E-state index in [0.29, 0.717) is 6.04 Å². The van der Waals surface area contributed by atoms with Gasteiger partial charge in [0.25, 0.3) is 0 Å². The molecule has 3 heteroatoms. The van der Waals surface area contributed by atoms with Crippen LogP contribution in [0, 0.1) is 0 Å². The van der Waals surface area contributed by atoms with Crippen LogP contribution in [0.15, 0.2) is 0 Å². The molecule has 1 saturated heterocycles. The highest BCUT2D eigenvalue weighted by atomic mass is 16.3. The Bertz CT molecular complexity index is 124. The van der Waals surface area contributed by atoms with Gasteiger partial charge < -0.3 is 10.4 Å². The van der Waals surface area contributed by atoms with E-state index in [-0.39, 0.29) is 6.10 Å². The lowest BCUT2D eigenvalue weighted by atomic mass is 10.1. The van der Waals surface area contributed by atoms with Crippen molar-refractivity contribution in [3.8, 4) is 0 Å². The highest BCUT2D eigenvalue weighted by Gasteiger charge is 2.22. The first-order valence-electron chi connectivity index (χ1n) is 4.87. The minimum Gasteiger partial charge on any atom is -0.393 e. The summed E-state index contributed by atoms with van der Waals surface area (Å²) in [7, 11) is 0. The SMILES string of the molecule is CCN(CCC(C)O)C1CNC1. The number of nitrogens with one attached hydrogen (secondary N) is 1. The molecule has 1 aliphatic rings. The fourth-order valence-corrected chi connectivity index (χ4v) is 1.48. The smallest absolute Gasteiger partial charge is 0.0524 e. The molecule has 1 heterocycles. The summed E-state index contributed by atoms with van der Waals surface area (Å²) in [6.07, 6.45) is 0.733. The third kappa shape index (κ3) is 2.73. The molecule has 1 fully saturated rings. The van der Waals surface area contributed by atoms with Crippen molar-refractivity contribution in [2.75, 3.05) is 26.2 Å². The van der Waals surface area contributed by atoms with Gasteiger partial charge in [0.05, 0.1) is 6.10 Å². The molecule has 0 aliphatic carbocycles. The predicted octanol–water partition coefficient (Wildman–Crippen LogP) is 0.0510. The Morgan fingerprint density at radius 2 is 2.25 bits per heavy atom. The van der Waals surface area contributed by atoms with Crippen LogP contribution < -0.4 is 5.32 Å². The van der Waals surface area contributed by atoms with Crippen molar-refractivity contribution in [2.24, 2.45) is 0 Å². The molecule has 3 nitrogen and oxygen atoms in total. The van der Waals surface area contributed by atoms with Crippen molar-refractivity contribution in [1.29, 1.82) is 0 Å². The Hall–Kier alpha value is -0.120. The fraction of sp³-hybridized carbons (Fsp3) is 1.00. The quantitative estimate of drug-likeness (QED) is 0.615. The van der Waals surface area contributed by atoms with Gasteiger partial charge in [0.1, 0.15) is 0 Å². The van der Waals surface area contributed by atoms with E-state index in [1.54, 1.807) is 0 Å². The van der Waals surface area contributed by atoms with Gasteiger partial charge in [-0.3, -0.25) is 4.90 Å². The lowest BCUT2D eigenvalue weighted by molar-refractivity contribution is 0.115. The first-order chi connectivity index (χ1) is 5.74. The Morgan fingerprint density at radius 3 is 2.58 bits per heavy atom. The standard InChI is InChI=1S/C9H20N2O/c1-3-11(5-4-8(2)12)9-6-10-7-9/h8-10,12H,3-7H2,1-2H3. The average molecular weight is 172 g/mol. The lowest BCUT2D eigenvalue weighted by Gasteiger charge is -2.37. The van der Waals surface area contributed by atoms with E-state index in [9.17, 15) is 0 Å². The summed E-state index contributed by atoms with van der Waals surface area (Å²) in [5, 5.41) is 12.4. The first-order valence-corrected chi connectivity index (χ1v) is 4.87. The minimum atomic E-state index is -0.160. The van der Waals surface area contributed by atoms with Gasteiger partial charge in [-0.15, -0.1) is 0 Å². The predicted molar refractivity (Wildman–Crippen MR) is 50.2 cm³/mol. The summed E-state index contributed by atoms with van der Waals surface area (Å²) in [5.41, 5.74) is 0. The largest absolute Gasteiger partial charge is 0.393 e. The summed E-state index contributed by atoms with van der Waals surface area (Å²) in [4.78, 5) is 2.43. The highest BCUT2D eigenvalue weighted by molar-refractivity contribution is 4.83. The van der Waals surface area contributed by atoms with Crippen molar-refractivity contribution in [2.45, 2.75) is 32.4 Å². The third-order valence-corrected chi connectivity index (χ3v) is 2.52. The number of nitrogens with zero attached hydrogens (tertiary/aromatic N) is 1. The van der Waals surface area contributed by atoms with Crippen LogP contribution >= 0.6 is 0 Å². The minimum absolute atomic E-state index is 0.160. The van der Waals surface area contributed by atoms with E-state index in [2.05, 4.69) is 17.1 Å². The molecule has 0 aromatic rings. The second kappa shape index (κ2) is 4.80. The Kier molecular flexibility index (Phi) is 3.98. The number of aliphatic hydroxyl groups is 1. The van der Waals surface area contributed by atoms with Crippen LogP contribution in [0.25, 0.3) is 0 Å². The summed E-state index contributed by atoms with van der Waals surface area (Å²) in [5.74, 6) is 0. The van der Waals surface area contributed by atoms with Gasteiger partial charge >= 0.3 is 0 Å². The van der Waals surface area contributed by atoms with Crippen LogP contribution in [0.2, 0.25) is 0 Å². The molecule has 1 aliphatic heterocycles. The van der Waals surface area contributed by atoms with Crippen molar-refractivity contribution < 1.29 is 5.11 Å². The highest BCUT2D eigenvalue weighted by Crippen LogP contribution is 2.06. The molecule has 0 bridgehead atoms. The van der Waals surface area contributed by atoms with Gasteiger partial charge in [0.2, 0.25) is 0 Å². The molecule has 1 unspecified atom stereocenters. The number of hydrogen-bond donors (Lipinski definition) is 2. The van der Waals surface area contributed by atoms with E-state index in [1.807, 2.05) is 6.92 Å². The summed E-state index contributed by atoms with van der Waals surface area (Å²) < 4.78 is 0. The maximum Gasteiger partial charge on any atom is 0.0524 e.